The highest BCUT2D eigenvalue weighted by molar-refractivity contribution is 5.68. The third kappa shape index (κ3) is 3.17. The first-order valence-electron chi connectivity index (χ1n) is 8.13. The second-order valence-electron chi connectivity index (χ2n) is 5.91. The number of nitriles is 1. The van der Waals surface area contributed by atoms with Gasteiger partial charge in [0.05, 0.1) is 5.69 Å². The maximum absolute atomic E-state index is 9.24. The van der Waals surface area contributed by atoms with E-state index >= 15 is 0 Å². The number of hydrogen-bond donors (Lipinski definition) is 1. The Morgan fingerprint density at radius 2 is 1.83 bits per heavy atom. The second kappa shape index (κ2) is 6.76. The molecule has 5 nitrogen and oxygen atoms in total. The summed E-state index contributed by atoms with van der Waals surface area (Å²) in [6.45, 7) is 7.69. The number of benzene rings is 1. The van der Waals surface area contributed by atoms with Crippen LogP contribution in [0.25, 0.3) is 0 Å². The Hall–Kier alpha value is -2.45. The highest BCUT2D eigenvalue weighted by Crippen LogP contribution is 2.28. The molecule has 0 amide bonds. The van der Waals surface area contributed by atoms with Crippen LogP contribution in [0.15, 0.2) is 36.4 Å². The van der Waals surface area contributed by atoms with Crippen molar-refractivity contribution in [2.24, 2.45) is 0 Å². The quantitative estimate of drug-likeness (QED) is 0.941. The lowest BCUT2D eigenvalue weighted by molar-refractivity contribution is 0.249. The molecule has 0 spiro atoms. The largest absolute Gasteiger partial charge is 0.396 e. The molecule has 2 aromatic rings. The van der Waals surface area contributed by atoms with E-state index in [0.29, 0.717) is 11.4 Å². The fraction of sp³-hybridized carbons (Fsp3) is 0.389. The van der Waals surface area contributed by atoms with Crippen LogP contribution in [0.2, 0.25) is 0 Å². The molecule has 1 saturated heterocycles. The molecule has 0 aliphatic carbocycles. The van der Waals surface area contributed by atoms with Crippen LogP contribution in [0, 0.1) is 11.3 Å². The number of rotatable bonds is 4. The van der Waals surface area contributed by atoms with Crippen LogP contribution in [-0.2, 0) is 13.1 Å². The summed E-state index contributed by atoms with van der Waals surface area (Å²) in [6, 6.07) is 14.6. The van der Waals surface area contributed by atoms with Gasteiger partial charge < -0.3 is 15.2 Å². The third-order valence-electron chi connectivity index (χ3n) is 4.45. The fourth-order valence-corrected chi connectivity index (χ4v) is 3.29. The summed E-state index contributed by atoms with van der Waals surface area (Å²) in [6.07, 6.45) is 0. The number of piperazine rings is 1. The molecule has 0 atom stereocenters. The normalized spacial score (nSPS) is 15.6. The van der Waals surface area contributed by atoms with E-state index < -0.39 is 0 Å². The molecular formula is C18H23N5. The average Bonchev–Trinajstić information content (AvgIpc) is 2.92. The number of aromatic nitrogens is 1. The average molecular weight is 309 g/mol. The maximum atomic E-state index is 9.24. The predicted molar refractivity (Wildman–Crippen MR) is 93.2 cm³/mol. The Bertz CT molecular complexity index is 690. The molecule has 2 heterocycles. The minimum absolute atomic E-state index is 0.645. The molecular weight excluding hydrogens is 286 g/mol. The van der Waals surface area contributed by atoms with Crippen LogP contribution in [-0.4, -0.2) is 35.6 Å². The molecule has 0 saturated carbocycles. The SMILES string of the molecule is CCn1c(C#N)cc(N)c1N1CCN(Cc2ccccc2)CC1. The van der Waals surface area contributed by atoms with Gasteiger partial charge in [0.2, 0.25) is 0 Å². The molecule has 0 unspecified atom stereocenters. The second-order valence-corrected chi connectivity index (χ2v) is 5.91. The molecule has 0 radical (unpaired) electrons. The Balaban J connectivity index is 1.68. The number of nitrogens with two attached hydrogens (primary N) is 1. The lowest BCUT2D eigenvalue weighted by atomic mass is 10.2. The Morgan fingerprint density at radius 3 is 2.43 bits per heavy atom. The first-order valence-corrected chi connectivity index (χ1v) is 8.13. The Kier molecular flexibility index (Phi) is 4.54. The van der Waals surface area contributed by atoms with Crippen LogP contribution in [0.3, 0.4) is 0 Å². The monoisotopic (exact) mass is 309 g/mol. The number of anilines is 2. The van der Waals surface area contributed by atoms with Gasteiger partial charge >= 0.3 is 0 Å². The maximum Gasteiger partial charge on any atom is 0.133 e. The van der Waals surface area contributed by atoms with E-state index in [-0.39, 0.29) is 0 Å². The van der Waals surface area contributed by atoms with Crippen molar-refractivity contribution in [3.63, 3.8) is 0 Å². The van der Waals surface area contributed by atoms with Crippen molar-refractivity contribution in [1.82, 2.24) is 9.47 Å². The van der Waals surface area contributed by atoms with Gasteiger partial charge in [-0.2, -0.15) is 5.26 Å². The molecule has 1 aromatic carbocycles. The summed E-state index contributed by atoms with van der Waals surface area (Å²) in [5, 5.41) is 9.24. The van der Waals surface area contributed by atoms with E-state index in [9.17, 15) is 5.26 Å². The van der Waals surface area contributed by atoms with Gasteiger partial charge in [-0.1, -0.05) is 30.3 Å². The number of nitrogen functional groups attached to an aromatic ring is 1. The predicted octanol–water partition coefficient (Wildman–Crippen LogP) is 2.28. The smallest absolute Gasteiger partial charge is 0.133 e. The van der Waals surface area contributed by atoms with Crippen LogP contribution in [0.4, 0.5) is 11.5 Å². The summed E-state index contributed by atoms with van der Waals surface area (Å²) in [5.74, 6) is 1.00. The van der Waals surface area contributed by atoms with Gasteiger partial charge in [-0.25, -0.2) is 0 Å². The lowest BCUT2D eigenvalue weighted by Gasteiger charge is -2.36. The summed E-state index contributed by atoms with van der Waals surface area (Å²) in [4.78, 5) is 4.77. The van der Waals surface area contributed by atoms with Crippen LogP contribution < -0.4 is 10.6 Å². The highest BCUT2D eigenvalue weighted by atomic mass is 15.3. The zero-order valence-corrected chi connectivity index (χ0v) is 13.6. The number of hydrogen-bond acceptors (Lipinski definition) is 4. The van der Waals surface area contributed by atoms with Gasteiger partial charge in [0.25, 0.3) is 0 Å². The summed E-state index contributed by atoms with van der Waals surface area (Å²) in [5.41, 5.74) is 8.86. The standard InChI is InChI=1S/C18H23N5/c1-2-23-16(13-19)12-17(20)18(23)22-10-8-21(9-11-22)14-15-6-4-3-5-7-15/h3-7,12H,2,8-11,14,20H2,1H3. The van der Waals surface area contributed by atoms with Crippen molar-refractivity contribution in [1.29, 1.82) is 5.26 Å². The van der Waals surface area contributed by atoms with Gasteiger partial charge in [-0.3, -0.25) is 4.90 Å². The molecule has 3 rings (SSSR count). The molecule has 1 aliphatic rings. The van der Waals surface area contributed by atoms with Crippen molar-refractivity contribution in [3.8, 4) is 6.07 Å². The summed E-state index contributed by atoms with van der Waals surface area (Å²) >= 11 is 0. The molecule has 1 aromatic heterocycles. The minimum atomic E-state index is 0.645. The van der Waals surface area contributed by atoms with E-state index in [0.717, 1.165) is 45.1 Å². The zero-order valence-electron chi connectivity index (χ0n) is 13.6. The van der Waals surface area contributed by atoms with Crippen LogP contribution >= 0.6 is 0 Å². The molecule has 1 fully saturated rings. The van der Waals surface area contributed by atoms with Gasteiger partial charge in [-0.15, -0.1) is 0 Å². The molecule has 2 N–H and O–H groups in total. The first-order chi connectivity index (χ1) is 11.2. The third-order valence-corrected chi connectivity index (χ3v) is 4.45. The van der Waals surface area contributed by atoms with Crippen molar-refractivity contribution < 1.29 is 0 Å². The molecule has 120 valence electrons. The minimum Gasteiger partial charge on any atom is -0.396 e. The topological polar surface area (TPSA) is 61.2 Å². The van der Waals surface area contributed by atoms with Gasteiger partial charge in [0, 0.05) is 39.3 Å². The molecule has 1 aliphatic heterocycles. The summed E-state index contributed by atoms with van der Waals surface area (Å²) in [7, 11) is 0. The number of nitrogens with zero attached hydrogens (tertiary/aromatic N) is 4. The lowest BCUT2D eigenvalue weighted by Crippen LogP contribution is -2.46. The summed E-state index contributed by atoms with van der Waals surface area (Å²) < 4.78 is 2.02. The van der Waals surface area contributed by atoms with Crippen LogP contribution in [0.1, 0.15) is 18.2 Å². The van der Waals surface area contributed by atoms with Crippen molar-refractivity contribution in [2.75, 3.05) is 36.8 Å². The van der Waals surface area contributed by atoms with Crippen LogP contribution in [0.5, 0.6) is 0 Å². The van der Waals surface area contributed by atoms with Crippen molar-refractivity contribution in [2.45, 2.75) is 20.0 Å². The molecule has 23 heavy (non-hydrogen) atoms. The first kappa shape index (κ1) is 15.4. The molecule has 0 bridgehead atoms. The van der Waals surface area contributed by atoms with E-state index in [2.05, 4.69) is 53.1 Å². The van der Waals surface area contributed by atoms with E-state index in [4.69, 9.17) is 5.73 Å². The van der Waals surface area contributed by atoms with Crippen molar-refractivity contribution in [3.05, 3.63) is 47.7 Å². The van der Waals surface area contributed by atoms with E-state index in [1.165, 1.54) is 5.56 Å². The zero-order chi connectivity index (χ0) is 16.2. The fourth-order valence-electron chi connectivity index (χ4n) is 3.29. The van der Waals surface area contributed by atoms with Gasteiger partial charge in [0.15, 0.2) is 0 Å². The van der Waals surface area contributed by atoms with E-state index in [1.54, 1.807) is 6.07 Å². The van der Waals surface area contributed by atoms with E-state index in [1.807, 2.05) is 4.57 Å². The van der Waals surface area contributed by atoms with Crippen molar-refractivity contribution >= 4 is 11.5 Å². The van der Waals surface area contributed by atoms with Gasteiger partial charge in [-0.05, 0) is 18.6 Å². The molecule has 5 heteroatoms. The Labute approximate surface area is 137 Å². The highest BCUT2D eigenvalue weighted by Gasteiger charge is 2.23. The van der Waals surface area contributed by atoms with Gasteiger partial charge in [0.1, 0.15) is 17.6 Å². The Morgan fingerprint density at radius 1 is 1.13 bits per heavy atom.